The molecule has 11 heteroatoms. The maximum atomic E-state index is 12.2. The van der Waals surface area contributed by atoms with E-state index in [0.717, 1.165) is 0 Å². The molecule has 1 aliphatic rings. The predicted molar refractivity (Wildman–Crippen MR) is 66.9 cm³/mol. The Morgan fingerprint density at radius 3 is 2.41 bits per heavy atom. The molecule has 0 aromatic carbocycles. The van der Waals surface area contributed by atoms with Gasteiger partial charge in [-0.05, 0) is 0 Å². The van der Waals surface area contributed by atoms with Crippen LogP contribution in [0, 0.1) is 5.92 Å². The molecule has 0 aliphatic carbocycles. The van der Waals surface area contributed by atoms with Gasteiger partial charge in [0.15, 0.2) is 6.29 Å². The van der Waals surface area contributed by atoms with E-state index in [1.807, 2.05) is 0 Å². The Bertz CT molecular complexity index is 479. The van der Waals surface area contributed by atoms with Gasteiger partial charge in [0.1, 0.15) is 12.2 Å². The van der Waals surface area contributed by atoms with Crippen LogP contribution in [-0.4, -0.2) is 62.0 Å². The summed E-state index contributed by atoms with van der Waals surface area (Å²) in [5.41, 5.74) is -5.59. The van der Waals surface area contributed by atoms with E-state index in [1.165, 1.54) is 13.0 Å². The molecular formula is C11H17F3O7S. The van der Waals surface area contributed by atoms with Gasteiger partial charge < -0.3 is 19.7 Å². The van der Waals surface area contributed by atoms with Crippen molar-refractivity contribution in [2.45, 2.75) is 37.0 Å². The van der Waals surface area contributed by atoms with Crippen molar-refractivity contribution in [3.8, 4) is 0 Å². The molecule has 0 aromatic rings. The first-order valence-electron chi connectivity index (χ1n) is 6.21. The minimum Gasteiger partial charge on any atom is -0.390 e. The highest BCUT2D eigenvalue weighted by molar-refractivity contribution is 7.87. The topological polar surface area (TPSA) is 102 Å². The van der Waals surface area contributed by atoms with Crippen LogP contribution in [0.15, 0.2) is 12.7 Å². The zero-order chi connectivity index (χ0) is 17.1. The van der Waals surface area contributed by atoms with E-state index in [4.69, 9.17) is 9.47 Å². The van der Waals surface area contributed by atoms with E-state index >= 15 is 0 Å². The maximum absolute atomic E-state index is 12.2. The summed E-state index contributed by atoms with van der Waals surface area (Å²) in [4.78, 5) is 0. The Morgan fingerprint density at radius 2 is 1.91 bits per heavy atom. The molecule has 0 spiro atoms. The summed E-state index contributed by atoms with van der Waals surface area (Å²) < 4.78 is 72.2. The third kappa shape index (κ3) is 4.40. The number of aliphatic hydroxyl groups excluding tert-OH is 2. The van der Waals surface area contributed by atoms with Gasteiger partial charge in [-0.2, -0.15) is 21.6 Å². The van der Waals surface area contributed by atoms with Crippen molar-refractivity contribution in [1.29, 1.82) is 0 Å². The van der Waals surface area contributed by atoms with Gasteiger partial charge in [-0.15, -0.1) is 6.58 Å². The fourth-order valence-corrected chi connectivity index (χ4v) is 2.23. The van der Waals surface area contributed by atoms with Crippen molar-refractivity contribution in [3.63, 3.8) is 0 Å². The molecule has 0 radical (unpaired) electrons. The number of rotatable bonds is 6. The highest BCUT2D eigenvalue weighted by atomic mass is 32.2. The summed E-state index contributed by atoms with van der Waals surface area (Å²) in [6.07, 6.45) is -4.18. The molecule has 22 heavy (non-hydrogen) atoms. The first-order chi connectivity index (χ1) is 10.0. The molecule has 0 bridgehead atoms. The van der Waals surface area contributed by atoms with Crippen molar-refractivity contribution < 1.29 is 45.5 Å². The molecular weight excluding hydrogens is 333 g/mol. The monoisotopic (exact) mass is 350 g/mol. The van der Waals surface area contributed by atoms with Crippen molar-refractivity contribution in [3.05, 3.63) is 12.7 Å². The summed E-state index contributed by atoms with van der Waals surface area (Å²) in [6, 6.07) is 0. The standard InChI is InChI=1S/C11H17F3O7S/c1-3-4-19-10-6(2)8(15)9(16)7(21-10)5-20-22(17,18)11(12,13)14/h3,6-10,15-16H,1,4-5H2,2H3/t6?,7?,8-,9-,10+/m1/s1. The molecule has 0 aromatic heterocycles. The summed E-state index contributed by atoms with van der Waals surface area (Å²) >= 11 is 0. The molecule has 1 heterocycles. The summed E-state index contributed by atoms with van der Waals surface area (Å²) in [6.45, 7) is 3.81. The molecule has 5 atom stereocenters. The fourth-order valence-electron chi connectivity index (χ4n) is 1.78. The molecule has 1 rings (SSSR count). The van der Waals surface area contributed by atoms with Crippen molar-refractivity contribution in [2.24, 2.45) is 5.92 Å². The first kappa shape index (κ1) is 19.3. The molecule has 2 N–H and O–H groups in total. The van der Waals surface area contributed by atoms with E-state index in [-0.39, 0.29) is 6.61 Å². The minimum atomic E-state index is -5.82. The van der Waals surface area contributed by atoms with E-state index < -0.39 is 52.8 Å². The Balaban J connectivity index is 2.74. The maximum Gasteiger partial charge on any atom is 0.523 e. The number of hydrogen-bond acceptors (Lipinski definition) is 7. The first-order valence-corrected chi connectivity index (χ1v) is 7.62. The predicted octanol–water partition coefficient (Wildman–Crippen LogP) is 0.138. The van der Waals surface area contributed by atoms with E-state index in [9.17, 15) is 31.8 Å². The van der Waals surface area contributed by atoms with Gasteiger partial charge in [0.2, 0.25) is 0 Å². The Hall–Kier alpha value is -0.720. The fraction of sp³-hybridized carbons (Fsp3) is 0.818. The lowest BCUT2D eigenvalue weighted by Crippen LogP contribution is -2.56. The second-order valence-corrected chi connectivity index (χ2v) is 6.30. The number of halogens is 3. The Kier molecular flexibility index (Phi) is 6.36. The summed E-state index contributed by atoms with van der Waals surface area (Å²) in [5, 5.41) is 19.6. The van der Waals surface area contributed by atoms with Crippen LogP contribution < -0.4 is 0 Å². The highest BCUT2D eigenvalue weighted by Crippen LogP contribution is 2.29. The van der Waals surface area contributed by atoms with Crippen LogP contribution in [0.25, 0.3) is 0 Å². The van der Waals surface area contributed by atoms with Crippen LogP contribution in [0.1, 0.15) is 6.92 Å². The van der Waals surface area contributed by atoms with Crippen molar-refractivity contribution in [2.75, 3.05) is 13.2 Å². The van der Waals surface area contributed by atoms with Gasteiger partial charge in [0.25, 0.3) is 0 Å². The number of hydrogen-bond donors (Lipinski definition) is 2. The lowest BCUT2D eigenvalue weighted by molar-refractivity contribution is -0.278. The number of alkyl halides is 3. The van der Waals surface area contributed by atoms with Gasteiger partial charge in [-0.1, -0.05) is 13.0 Å². The molecule has 7 nitrogen and oxygen atoms in total. The van der Waals surface area contributed by atoms with Crippen molar-refractivity contribution in [1.82, 2.24) is 0 Å². The molecule has 130 valence electrons. The summed E-state index contributed by atoms with van der Waals surface area (Å²) in [5.74, 6) is -0.689. The smallest absolute Gasteiger partial charge is 0.390 e. The Morgan fingerprint density at radius 1 is 1.32 bits per heavy atom. The molecule has 1 saturated heterocycles. The van der Waals surface area contributed by atoms with Crippen LogP contribution in [-0.2, 0) is 23.8 Å². The molecule has 1 aliphatic heterocycles. The van der Waals surface area contributed by atoms with Crippen LogP contribution in [0.2, 0.25) is 0 Å². The average molecular weight is 350 g/mol. The van der Waals surface area contributed by atoms with Crippen molar-refractivity contribution >= 4 is 10.1 Å². The summed E-state index contributed by atoms with van der Waals surface area (Å²) in [7, 11) is -5.82. The van der Waals surface area contributed by atoms with Crippen LogP contribution >= 0.6 is 0 Å². The van der Waals surface area contributed by atoms with Crippen LogP contribution in [0.5, 0.6) is 0 Å². The van der Waals surface area contributed by atoms with E-state index in [0.29, 0.717) is 0 Å². The second-order valence-electron chi connectivity index (χ2n) is 4.69. The van der Waals surface area contributed by atoms with Crippen LogP contribution in [0.3, 0.4) is 0 Å². The minimum absolute atomic E-state index is 0.0340. The van der Waals surface area contributed by atoms with Crippen LogP contribution in [0.4, 0.5) is 13.2 Å². The zero-order valence-corrected chi connectivity index (χ0v) is 12.4. The second kappa shape index (κ2) is 7.23. The van der Waals surface area contributed by atoms with Gasteiger partial charge >= 0.3 is 15.6 Å². The van der Waals surface area contributed by atoms with Gasteiger partial charge in [0, 0.05) is 5.92 Å². The third-order valence-corrected chi connectivity index (χ3v) is 4.07. The quantitative estimate of drug-likeness (QED) is 0.399. The highest BCUT2D eigenvalue weighted by Gasteiger charge is 2.49. The molecule has 0 amide bonds. The molecule has 0 saturated carbocycles. The lowest BCUT2D eigenvalue weighted by Gasteiger charge is -2.40. The largest absolute Gasteiger partial charge is 0.523 e. The van der Waals surface area contributed by atoms with Gasteiger partial charge in [-0.25, -0.2) is 0 Å². The van der Waals surface area contributed by atoms with E-state index in [2.05, 4.69) is 10.8 Å². The van der Waals surface area contributed by atoms with Gasteiger partial charge in [0.05, 0.1) is 19.3 Å². The number of ether oxygens (including phenoxy) is 2. The SMILES string of the molecule is C=CCO[C@H]1OC(COS(=O)(=O)C(F)(F)F)[C@@H](O)[C@H](O)C1C. The number of aliphatic hydroxyl groups is 2. The average Bonchev–Trinajstić information content (AvgIpc) is 2.42. The molecule has 2 unspecified atom stereocenters. The Labute approximate surface area is 125 Å². The van der Waals surface area contributed by atoms with E-state index in [1.54, 1.807) is 0 Å². The zero-order valence-electron chi connectivity index (χ0n) is 11.6. The normalized spacial score (nSPS) is 33.6. The van der Waals surface area contributed by atoms with Gasteiger partial charge in [-0.3, -0.25) is 4.18 Å². The lowest BCUT2D eigenvalue weighted by atomic mass is 9.92. The molecule has 1 fully saturated rings. The third-order valence-electron chi connectivity index (χ3n) is 3.06.